The predicted octanol–water partition coefficient (Wildman–Crippen LogP) is 3.50. The molecule has 2 aromatic rings. The van der Waals surface area contributed by atoms with E-state index < -0.39 is 0 Å². The van der Waals surface area contributed by atoms with Gasteiger partial charge in [-0.05, 0) is 23.8 Å². The molecule has 1 aliphatic heterocycles. The smallest absolute Gasteiger partial charge is 0.129 e. The van der Waals surface area contributed by atoms with Crippen molar-refractivity contribution >= 4 is 28.9 Å². The van der Waals surface area contributed by atoms with Crippen molar-refractivity contribution in [2.75, 3.05) is 18.0 Å². The summed E-state index contributed by atoms with van der Waals surface area (Å²) in [5.41, 5.74) is 3.34. The minimum Gasteiger partial charge on any atom is -0.364 e. The number of nitrogens with zero attached hydrogens (tertiary/aromatic N) is 2. The van der Waals surface area contributed by atoms with Crippen molar-refractivity contribution in [2.24, 2.45) is 0 Å². The number of para-hydroxylation sites is 1. The normalized spacial score (nSPS) is 14.8. The highest BCUT2D eigenvalue weighted by Crippen LogP contribution is 2.26. The fraction of sp³-hybridized carbons (Fsp3) is 0.267. The second-order valence-corrected chi connectivity index (χ2v) is 5.58. The van der Waals surface area contributed by atoms with Gasteiger partial charge in [-0.15, -0.1) is 0 Å². The monoisotopic (exact) mass is 307 g/mol. The molecule has 3 rings (SSSR count). The maximum atomic E-state index is 6.22. The largest absolute Gasteiger partial charge is 0.364 e. The number of anilines is 1. The standard InChI is InChI=1S/C15H15Cl2N3/c16-12-5-6-15(17)19-13(12)10-20-8-7-18-9-11-3-1-2-4-14(11)20/h1-6,18H,7-10H2. The van der Waals surface area contributed by atoms with Crippen molar-refractivity contribution in [2.45, 2.75) is 13.1 Å². The van der Waals surface area contributed by atoms with Crippen LogP contribution in [-0.4, -0.2) is 18.1 Å². The molecule has 20 heavy (non-hydrogen) atoms. The van der Waals surface area contributed by atoms with Crippen LogP contribution in [0.4, 0.5) is 5.69 Å². The zero-order chi connectivity index (χ0) is 13.9. The minimum absolute atomic E-state index is 0.477. The number of aromatic nitrogens is 1. The van der Waals surface area contributed by atoms with Crippen LogP contribution in [0.3, 0.4) is 0 Å². The Bertz CT molecular complexity index is 616. The van der Waals surface area contributed by atoms with Crippen LogP contribution < -0.4 is 10.2 Å². The molecule has 1 aromatic carbocycles. The molecule has 0 radical (unpaired) electrons. The number of benzene rings is 1. The van der Waals surface area contributed by atoms with Crippen LogP contribution in [0.5, 0.6) is 0 Å². The Balaban J connectivity index is 1.92. The Hall–Kier alpha value is -1.29. The maximum Gasteiger partial charge on any atom is 0.129 e. The van der Waals surface area contributed by atoms with Crippen LogP contribution in [0.15, 0.2) is 36.4 Å². The molecule has 5 heteroatoms. The minimum atomic E-state index is 0.477. The number of hydrogen-bond acceptors (Lipinski definition) is 3. The Kier molecular flexibility index (Phi) is 4.10. The highest BCUT2D eigenvalue weighted by molar-refractivity contribution is 6.32. The molecule has 3 nitrogen and oxygen atoms in total. The number of nitrogens with one attached hydrogen (secondary N) is 1. The van der Waals surface area contributed by atoms with Gasteiger partial charge in [0.25, 0.3) is 0 Å². The van der Waals surface area contributed by atoms with Gasteiger partial charge in [-0.25, -0.2) is 4.98 Å². The van der Waals surface area contributed by atoms with E-state index in [1.54, 1.807) is 12.1 Å². The molecule has 1 aliphatic rings. The summed E-state index contributed by atoms with van der Waals surface area (Å²) in [7, 11) is 0. The fourth-order valence-electron chi connectivity index (χ4n) is 2.44. The third kappa shape index (κ3) is 2.90. The van der Waals surface area contributed by atoms with E-state index in [4.69, 9.17) is 23.2 Å². The lowest BCUT2D eigenvalue weighted by atomic mass is 10.1. The van der Waals surface area contributed by atoms with E-state index in [1.807, 2.05) is 0 Å². The van der Waals surface area contributed by atoms with Gasteiger partial charge in [-0.2, -0.15) is 0 Å². The van der Waals surface area contributed by atoms with Gasteiger partial charge in [0.2, 0.25) is 0 Å². The SMILES string of the molecule is Clc1ccc(Cl)c(CN2CCNCc3ccccc32)n1. The Morgan fingerprint density at radius 2 is 2.00 bits per heavy atom. The molecular weight excluding hydrogens is 293 g/mol. The quantitative estimate of drug-likeness (QED) is 0.861. The molecule has 0 amide bonds. The zero-order valence-electron chi connectivity index (χ0n) is 10.9. The first-order valence-corrected chi connectivity index (χ1v) is 7.34. The number of rotatable bonds is 2. The van der Waals surface area contributed by atoms with Gasteiger partial charge in [-0.1, -0.05) is 41.4 Å². The maximum absolute atomic E-state index is 6.22. The third-order valence-electron chi connectivity index (χ3n) is 3.43. The van der Waals surface area contributed by atoms with Crippen LogP contribution in [-0.2, 0) is 13.1 Å². The Labute approximate surface area is 128 Å². The summed E-state index contributed by atoms with van der Waals surface area (Å²) in [6, 6.07) is 11.9. The van der Waals surface area contributed by atoms with Crippen molar-refractivity contribution < 1.29 is 0 Å². The molecule has 0 atom stereocenters. The molecule has 0 fully saturated rings. The molecule has 0 spiro atoms. The van der Waals surface area contributed by atoms with Gasteiger partial charge in [0, 0.05) is 25.3 Å². The van der Waals surface area contributed by atoms with Gasteiger partial charge in [0.05, 0.1) is 17.3 Å². The molecule has 104 valence electrons. The molecule has 0 aliphatic carbocycles. The molecule has 0 unspecified atom stereocenters. The van der Waals surface area contributed by atoms with Gasteiger partial charge in [-0.3, -0.25) is 0 Å². The van der Waals surface area contributed by atoms with Gasteiger partial charge < -0.3 is 10.2 Å². The third-order valence-corrected chi connectivity index (χ3v) is 3.99. The lowest BCUT2D eigenvalue weighted by Crippen LogP contribution is -2.28. The first-order chi connectivity index (χ1) is 9.74. The first kappa shape index (κ1) is 13.7. The molecule has 0 saturated carbocycles. The topological polar surface area (TPSA) is 28.2 Å². The van der Waals surface area contributed by atoms with E-state index in [0.29, 0.717) is 16.7 Å². The molecule has 2 heterocycles. The lowest BCUT2D eigenvalue weighted by molar-refractivity contribution is 0.685. The van der Waals surface area contributed by atoms with E-state index in [9.17, 15) is 0 Å². The van der Waals surface area contributed by atoms with E-state index in [0.717, 1.165) is 25.3 Å². The molecule has 1 aromatic heterocycles. The second kappa shape index (κ2) is 6.00. The fourth-order valence-corrected chi connectivity index (χ4v) is 2.77. The van der Waals surface area contributed by atoms with Crippen LogP contribution in [0.1, 0.15) is 11.3 Å². The average Bonchev–Trinajstić information content (AvgIpc) is 2.66. The Morgan fingerprint density at radius 3 is 2.90 bits per heavy atom. The van der Waals surface area contributed by atoms with E-state index in [1.165, 1.54) is 11.3 Å². The van der Waals surface area contributed by atoms with Gasteiger partial charge in [0.1, 0.15) is 5.15 Å². The summed E-state index contributed by atoms with van der Waals surface area (Å²) in [6.07, 6.45) is 0. The van der Waals surface area contributed by atoms with Gasteiger partial charge in [0.15, 0.2) is 0 Å². The summed E-state index contributed by atoms with van der Waals surface area (Å²) in [5, 5.41) is 4.56. The number of hydrogen-bond donors (Lipinski definition) is 1. The molecule has 1 N–H and O–H groups in total. The second-order valence-electron chi connectivity index (χ2n) is 4.79. The predicted molar refractivity (Wildman–Crippen MR) is 83.5 cm³/mol. The van der Waals surface area contributed by atoms with Crippen molar-refractivity contribution in [3.63, 3.8) is 0 Å². The zero-order valence-corrected chi connectivity index (χ0v) is 12.5. The lowest BCUT2D eigenvalue weighted by Gasteiger charge is -2.24. The summed E-state index contributed by atoms with van der Waals surface area (Å²) in [6.45, 7) is 3.41. The van der Waals surface area contributed by atoms with E-state index in [2.05, 4.69) is 39.5 Å². The Morgan fingerprint density at radius 1 is 1.15 bits per heavy atom. The van der Waals surface area contributed by atoms with Crippen molar-refractivity contribution in [1.82, 2.24) is 10.3 Å². The summed E-state index contributed by atoms with van der Waals surface area (Å²) >= 11 is 12.2. The van der Waals surface area contributed by atoms with E-state index >= 15 is 0 Å². The van der Waals surface area contributed by atoms with E-state index in [-0.39, 0.29) is 0 Å². The number of pyridine rings is 1. The summed E-state index contributed by atoms with van der Waals surface area (Å²) < 4.78 is 0. The highest BCUT2D eigenvalue weighted by atomic mass is 35.5. The van der Waals surface area contributed by atoms with Crippen LogP contribution in [0, 0.1) is 0 Å². The van der Waals surface area contributed by atoms with Crippen molar-refractivity contribution in [3.8, 4) is 0 Å². The highest BCUT2D eigenvalue weighted by Gasteiger charge is 2.16. The van der Waals surface area contributed by atoms with Crippen molar-refractivity contribution in [3.05, 3.63) is 57.8 Å². The molecular formula is C15H15Cl2N3. The van der Waals surface area contributed by atoms with Gasteiger partial charge >= 0.3 is 0 Å². The number of fused-ring (bicyclic) bond motifs is 1. The van der Waals surface area contributed by atoms with Crippen molar-refractivity contribution in [1.29, 1.82) is 0 Å². The van der Waals surface area contributed by atoms with Crippen LogP contribution in [0.2, 0.25) is 10.2 Å². The summed E-state index contributed by atoms with van der Waals surface area (Å²) in [4.78, 5) is 6.63. The average molecular weight is 308 g/mol. The van der Waals surface area contributed by atoms with Crippen LogP contribution in [0.25, 0.3) is 0 Å². The summed E-state index contributed by atoms with van der Waals surface area (Å²) in [5.74, 6) is 0. The molecule has 0 saturated heterocycles. The number of halogens is 2. The first-order valence-electron chi connectivity index (χ1n) is 6.58. The van der Waals surface area contributed by atoms with Crippen LogP contribution >= 0.6 is 23.2 Å². The molecule has 0 bridgehead atoms.